The first kappa shape index (κ1) is 12.9. The highest BCUT2D eigenvalue weighted by Gasteiger charge is 2.23. The van der Waals surface area contributed by atoms with E-state index in [2.05, 4.69) is 0 Å². The molecule has 1 amide bonds. The molecule has 0 radical (unpaired) electrons. The van der Waals surface area contributed by atoms with Gasteiger partial charge in [0.05, 0.1) is 25.7 Å². The van der Waals surface area contributed by atoms with Crippen molar-refractivity contribution in [2.24, 2.45) is 0 Å². The lowest BCUT2D eigenvalue weighted by Gasteiger charge is -2.32. The van der Waals surface area contributed by atoms with Gasteiger partial charge in [-0.3, -0.25) is 4.79 Å². The van der Waals surface area contributed by atoms with E-state index in [0.717, 1.165) is 5.56 Å². The number of aliphatic hydroxyl groups is 1. The van der Waals surface area contributed by atoms with Gasteiger partial charge in [0.2, 0.25) is 5.91 Å². The topological polar surface area (TPSA) is 70.0 Å². The lowest BCUT2D eigenvalue weighted by Crippen LogP contribution is -2.47. The summed E-state index contributed by atoms with van der Waals surface area (Å²) in [5.41, 5.74) is 0.784. The van der Waals surface area contributed by atoms with Gasteiger partial charge in [0.1, 0.15) is 5.75 Å². The van der Waals surface area contributed by atoms with Crippen LogP contribution in [0, 0.1) is 0 Å². The SMILES string of the molecule is O=C(Cc1cccc(O)c1)N1CCOC(CO)C1. The highest BCUT2D eigenvalue weighted by Crippen LogP contribution is 2.13. The van der Waals surface area contributed by atoms with Crippen LogP contribution in [0.1, 0.15) is 5.56 Å². The molecule has 1 unspecified atom stereocenters. The van der Waals surface area contributed by atoms with Crippen LogP contribution in [0.4, 0.5) is 0 Å². The molecule has 0 aromatic heterocycles. The van der Waals surface area contributed by atoms with Crippen molar-refractivity contribution < 1.29 is 19.7 Å². The molecule has 98 valence electrons. The second-order valence-electron chi connectivity index (χ2n) is 4.36. The van der Waals surface area contributed by atoms with Crippen LogP contribution in [0.3, 0.4) is 0 Å². The molecule has 0 bridgehead atoms. The average Bonchev–Trinajstić information content (AvgIpc) is 2.39. The van der Waals surface area contributed by atoms with Crippen molar-refractivity contribution in [3.05, 3.63) is 29.8 Å². The molecule has 5 nitrogen and oxygen atoms in total. The lowest BCUT2D eigenvalue weighted by molar-refractivity contribution is -0.139. The summed E-state index contributed by atoms with van der Waals surface area (Å²) >= 11 is 0. The number of phenols is 1. The van der Waals surface area contributed by atoms with Gasteiger partial charge in [-0.15, -0.1) is 0 Å². The molecule has 1 aromatic rings. The predicted molar refractivity (Wildman–Crippen MR) is 65.2 cm³/mol. The standard InChI is InChI=1S/C13H17NO4/c15-9-12-8-14(4-5-18-12)13(17)7-10-2-1-3-11(16)6-10/h1-3,6,12,15-16H,4-5,7-9H2. The van der Waals surface area contributed by atoms with Crippen molar-refractivity contribution >= 4 is 5.91 Å². The number of ether oxygens (including phenoxy) is 1. The van der Waals surface area contributed by atoms with Crippen molar-refractivity contribution in [1.29, 1.82) is 0 Å². The maximum absolute atomic E-state index is 12.0. The number of benzene rings is 1. The summed E-state index contributed by atoms with van der Waals surface area (Å²) in [5.74, 6) is 0.151. The van der Waals surface area contributed by atoms with Crippen LogP contribution in [0.15, 0.2) is 24.3 Å². The van der Waals surface area contributed by atoms with Crippen LogP contribution < -0.4 is 0 Å². The third-order valence-electron chi connectivity index (χ3n) is 2.96. The number of morpholine rings is 1. The van der Waals surface area contributed by atoms with Gasteiger partial charge >= 0.3 is 0 Å². The van der Waals surface area contributed by atoms with E-state index < -0.39 is 0 Å². The summed E-state index contributed by atoms with van der Waals surface area (Å²) in [7, 11) is 0. The van der Waals surface area contributed by atoms with E-state index in [9.17, 15) is 9.90 Å². The number of hydrogen-bond donors (Lipinski definition) is 2. The molecule has 18 heavy (non-hydrogen) atoms. The number of amides is 1. The number of hydrogen-bond acceptors (Lipinski definition) is 4. The first-order chi connectivity index (χ1) is 8.69. The van der Waals surface area contributed by atoms with Crippen molar-refractivity contribution in [3.63, 3.8) is 0 Å². The van der Waals surface area contributed by atoms with Crippen molar-refractivity contribution in [3.8, 4) is 5.75 Å². The fourth-order valence-corrected chi connectivity index (χ4v) is 2.01. The minimum Gasteiger partial charge on any atom is -0.508 e. The van der Waals surface area contributed by atoms with Gasteiger partial charge in [-0.05, 0) is 17.7 Å². The maximum Gasteiger partial charge on any atom is 0.227 e. The van der Waals surface area contributed by atoms with Crippen LogP contribution in [0.2, 0.25) is 0 Å². The zero-order valence-electron chi connectivity index (χ0n) is 10.1. The highest BCUT2D eigenvalue weighted by atomic mass is 16.5. The molecule has 0 aliphatic carbocycles. The van der Waals surface area contributed by atoms with E-state index in [0.29, 0.717) is 19.7 Å². The Morgan fingerprint density at radius 2 is 2.33 bits per heavy atom. The molecule has 1 aliphatic heterocycles. The lowest BCUT2D eigenvalue weighted by atomic mass is 10.1. The number of aromatic hydroxyl groups is 1. The Bertz CT molecular complexity index is 421. The Labute approximate surface area is 106 Å². The Balaban J connectivity index is 1.95. The van der Waals surface area contributed by atoms with Gasteiger partial charge in [0.15, 0.2) is 0 Å². The molecule has 1 heterocycles. The zero-order valence-corrected chi connectivity index (χ0v) is 10.1. The summed E-state index contributed by atoms with van der Waals surface area (Å²) in [6.45, 7) is 1.36. The molecule has 1 atom stereocenters. The van der Waals surface area contributed by atoms with Crippen molar-refractivity contribution in [2.45, 2.75) is 12.5 Å². The van der Waals surface area contributed by atoms with Gasteiger partial charge in [-0.2, -0.15) is 0 Å². The van der Waals surface area contributed by atoms with E-state index in [1.807, 2.05) is 6.07 Å². The molecule has 0 spiro atoms. The number of carbonyl (C=O) groups is 1. The largest absolute Gasteiger partial charge is 0.508 e. The molecular formula is C13H17NO4. The van der Waals surface area contributed by atoms with E-state index in [1.54, 1.807) is 23.1 Å². The van der Waals surface area contributed by atoms with Gasteiger partial charge in [0, 0.05) is 13.1 Å². The maximum atomic E-state index is 12.0. The highest BCUT2D eigenvalue weighted by molar-refractivity contribution is 5.79. The molecule has 5 heteroatoms. The molecule has 1 saturated heterocycles. The second kappa shape index (κ2) is 5.84. The molecule has 1 aromatic carbocycles. The van der Waals surface area contributed by atoms with Gasteiger partial charge < -0.3 is 19.8 Å². The minimum absolute atomic E-state index is 0.0117. The molecular weight excluding hydrogens is 234 g/mol. The summed E-state index contributed by atoms with van der Waals surface area (Å²) < 4.78 is 5.29. The van der Waals surface area contributed by atoms with Crippen LogP contribution in [-0.2, 0) is 16.0 Å². The fraction of sp³-hybridized carbons (Fsp3) is 0.462. The van der Waals surface area contributed by atoms with Crippen LogP contribution in [0.5, 0.6) is 5.75 Å². The molecule has 0 saturated carbocycles. The number of phenolic OH excluding ortho intramolecular Hbond substituents is 1. The summed E-state index contributed by atoms with van der Waals surface area (Å²) in [5, 5.41) is 18.4. The molecule has 1 aliphatic rings. The first-order valence-electron chi connectivity index (χ1n) is 5.97. The predicted octanol–water partition coefficient (Wildman–Crippen LogP) is 0.154. The monoisotopic (exact) mass is 251 g/mol. The Hall–Kier alpha value is -1.59. The van der Waals surface area contributed by atoms with E-state index in [4.69, 9.17) is 9.84 Å². The summed E-state index contributed by atoms with van der Waals surface area (Å²) in [6, 6.07) is 6.68. The fourth-order valence-electron chi connectivity index (χ4n) is 2.01. The van der Waals surface area contributed by atoms with E-state index >= 15 is 0 Å². The van der Waals surface area contributed by atoms with E-state index in [1.165, 1.54) is 0 Å². The number of rotatable bonds is 3. The van der Waals surface area contributed by atoms with Crippen molar-refractivity contribution in [1.82, 2.24) is 4.90 Å². The third-order valence-corrected chi connectivity index (χ3v) is 2.96. The van der Waals surface area contributed by atoms with Gasteiger partial charge in [-0.25, -0.2) is 0 Å². The Kier molecular flexibility index (Phi) is 4.17. The first-order valence-corrected chi connectivity index (χ1v) is 5.97. The van der Waals surface area contributed by atoms with Crippen molar-refractivity contribution in [2.75, 3.05) is 26.3 Å². The normalized spacial score (nSPS) is 19.8. The zero-order chi connectivity index (χ0) is 13.0. The summed E-state index contributed by atoms with van der Waals surface area (Å²) in [6.07, 6.45) is -0.0288. The minimum atomic E-state index is -0.285. The Morgan fingerprint density at radius 3 is 3.06 bits per heavy atom. The molecule has 1 fully saturated rings. The smallest absolute Gasteiger partial charge is 0.227 e. The van der Waals surface area contributed by atoms with Gasteiger partial charge in [-0.1, -0.05) is 12.1 Å². The number of aliphatic hydroxyl groups excluding tert-OH is 1. The van der Waals surface area contributed by atoms with E-state index in [-0.39, 0.29) is 30.8 Å². The quantitative estimate of drug-likeness (QED) is 0.802. The summed E-state index contributed by atoms with van der Waals surface area (Å²) in [4.78, 5) is 13.7. The molecule has 2 N–H and O–H groups in total. The number of nitrogens with zero attached hydrogens (tertiary/aromatic N) is 1. The average molecular weight is 251 g/mol. The van der Waals surface area contributed by atoms with Crippen LogP contribution in [0.25, 0.3) is 0 Å². The second-order valence-corrected chi connectivity index (χ2v) is 4.36. The third kappa shape index (κ3) is 3.21. The van der Waals surface area contributed by atoms with Gasteiger partial charge in [0.25, 0.3) is 0 Å². The molecule has 2 rings (SSSR count). The number of carbonyl (C=O) groups excluding carboxylic acids is 1. The Morgan fingerprint density at radius 1 is 1.50 bits per heavy atom. The van der Waals surface area contributed by atoms with Crippen LogP contribution >= 0.6 is 0 Å². The van der Waals surface area contributed by atoms with Crippen LogP contribution in [-0.4, -0.2) is 53.4 Å².